The summed E-state index contributed by atoms with van der Waals surface area (Å²) in [5.41, 5.74) is 4.53. The molecule has 37 heavy (non-hydrogen) atoms. The highest BCUT2D eigenvalue weighted by atomic mass is 16.5. The molecule has 1 atom stereocenters. The molecule has 9 nitrogen and oxygen atoms in total. The topological polar surface area (TPSA) is 114 Å². The molecule has 1 aromatic carbocycles. The molecule has 1 fully saturated rings. The van der Waals surface area contributed by atoms with Gasteiger partial charge in [0, 0.05) is 18.3 Å². The summed E-state index contributed by atoms with van der Waals surface area (Å²) in [5, 5.41) is 19.4. The molecule has 2 aromatic heterocycles. The summed E-state index contributed by atoms with van der Waals surface area (Å²) in [6, 6.07) is 11.5. The Bertz CT molecular complexity index is 1350. The van der Waals surface area contributed by atoms with Crippen LogP contribution in [0.1, 0.15) is 78.8 Å². The van der Waals surface area contributed by atoms with Gasteiger partial charge in [-0.15, -0.1) is 0 Å². The molecule has 2 aliphatic rings. The maximum atomic E-state index is 14.1. The van der Waals surface area contributed by atoms with E-state index in [0.29, 0.717) is 35.4 Å². The van der Waals surface area contributed by atoms with Crippen molar-refractivity contribution in [3.63, 3.8) is 0 Å². The van der Waals surface area contributed by atoms with Gasteiger partial charge in [0.2, 0.25) is 5.88 Å². The highest BCUT2D eigenvalue weighted by Gasteiger charge is 2.46. The summed E-state index contributed by atoms with van der Waals surface area (Å²) in [5.74, 6) is 0.338. The quantitative estimate of drug-likeness (QED) is 0.537. The molecule has 1 N–H and O–H groups in total. The summed E-state index contributed by atoms with van der Waals surface area (Å²) >= 11 is 0. The van der Waals surface area contributed by atoms with Crippen LogP contribution in [-0.4, -0.2) is 56.8 Å². The number of ether oxygens (including phenoxy) is 2. The van der Waals surface area contributed by atoms with E-state index in [1.165, 1.54) is 7.11 Å². The second-order valence-corrected chi connectivity index (χ2v) is 9.88. The highest BCUT2D eigenvalue weighted by Crippen LogP contribution is 2.47. The van der Waals surface area contributed by atoms with Crippen molar-refractivity contribution in [3.05, 3.63) is 58.9 Å². The molecule has 3 aromatic rings. The number of carbonyl (C=O) groups is 1. The first kappa shape index (κ1) is 24.8. The van der Waals surface area contributed by atoms with Crippen LogP contribution in [0.25, 0.3) is 11.3 Å². The third-order valence-electron chi connectivity index (χ3n) is 7.39. The van der Waals surface area contributed by atoms with E-state index in [2.05, 4.69) is 34.5 Å². The molecule has 3 heterocycles. The van der Waals surface area contributed by atoms with Gasteiger partial charge >= 0.3 is 6.01 Å². The number of aliphatic hydroxyl groups is 1. The molecule has 1 saturated carbocycles. The van der Waals surface area contributed by atoms with E-state index in [4.69, 9.17) is 9.47 Å². The van der Waals surface area contributed by atoms with Crippen molar-refractivity contribution in [1.82, 2.24) is 19.4 Å². The Hall–Kier alpha value is -3.90. The van der Waals surface area contributed by atoms with Crippen LogP contribution in [0.3, 0.4) is 0 Å². The molecular formula is C28H31N5O4. The van der Waals surface area contributed by atoms with Crippen LogP contribution in [0.2, 0.25) is 0 Å². The molecule has 5 rings (SSSR count). The lowest BCUT2D eigenvalue weighted by atomic mass is 9.90. The van der Waals surface area contributed by atoms with Gasteiger partial charge in [-0.1, -0.05) is 12.1 Å². The van der Waals surface area contributed by atoms with Crippen LogP contribution in [0.4, 0.5) is 0 Å². The number of nitriles is 1. The van der Waals surface area contributed by atoms with Crippen molar-refractivity contribution < 1.29 is 19.4 Å². The number of fused-ring (bicyclic) bond motifs is 1. The molecule has 1 aliphatic heterocycles. The summed E-state index contributed by atoms with van der Waals surface area (Å²) < 4.78 is 12.9. The molecule has 0 saturated heterocycles. The number of benzene rings is 1. The van der Waals surface area contributed by atoms with Crippen molar-refractivity contribution in [1.29, 1.82) is 5.26 Å². The molecule has 0 bridgehead atoms. The minimum absolute atomic E-state index is 0.0202. The molecule has 9 heteroatoms. The lowest BCUT2D eigenvalue weighted by molar-refractivity contribution is 0.0458. The Morgan fingerprint density at radius 3 is 2.38 bits per heavy atom. The van der Waals surface area contributed by atoms with Crippen LogP contribution in [0, 0.1) is 11.3 Å². The Kier molecular flexibility index (Phi) is 6.61. The molecule has 192 valence electrons. The zero-order valence-electron chi connectivity index (χ0n) is 21.5. The third kappa shape index (κ3) is 4.21. The maximum Gasteiger partial charge on any atom is 0.319 e. The average Bonchev–Trinajstić information content (AvgIpc) is 3.44. The second kappa shape index (κ2) is 9.87. The summed E-state index contributed by atoms with van der Waals surface area (Å²) in [4.78, 5) is 24.7. The Morgan fingerprint density at radius 1 is 1.08 bits per heavy atom. The first-order valence-electron chi connectivity index (χ1n) is 12.6. The van der Waals surface area contributed by atoms with E-state index < -0.39 is 0 Å². The Balaban J connectivity index is 1.70. The zero-order chi connectivity index (χ0) is 26.3. The second-order valence-electron chi connectivity index (χ2n) is 9.88. The van der Waals surface area contributed by atoms with Crippen molar-refractivity contribution in [3.8, 4) is 29.2 Å². The van der Waals surface area contributed by atoms with E-state index in [1.807, 2.05) is 23.1 Å². The van der Waals surface area contributed by atoms with Gasteiger partial charge in [-0.3, -0.25) is 4.79 Å². The average molecular weight is 502 g/mol. The molecule has 1 unspecified atom stereocenters. The standard InChI is InChI=1S/C28H31N5O4/c1-16(2)32-23(22-15-30-28(37-4)31-26(22)36-3)13-21-25(32)24(18-7-5-17(14-29)6-8-18)33(27(21)35)19-9-11-20(34)12-10-19/h5-8,13,15-16,19-20,24,34H,9-12H2,1-4H3. The van der Waals surface area contributed by atoms with Crippen LogP contribution in [-0.2, 0) is 0 Å². The first-order chi connectivity index (χ1) is 17.9. The minimum Gasteiger partial charge on any atom is -0.480 e. The zero-order valence-corrected chi connectivity index (χ0v) is 21.5. The van der Waals surface area contributed by atoms with Gasteiger partial charge in [-0.05, 0) is 63.3 Å². The molecule has 1 aliphatic carbocycles. The first-order valence-corrected chi connectivity index (χ1v) is 12.6. The molecule has 1 amide bonds. The van der Waals surface area contributed by atoms with E-state index in [0.717, 1.165) is 29.8 Å². The number of aromatic nitrogens is 3. The number of methoxy groups -OCH3 is 2. The van der Waals surface area contributed by atoms with Crippen molar-refractivity contribution in [2.24, 2.45) is 0 Å². The lowest BCUT2D eigenvalue weighted by Crippen LogP contribution is -2.42. The SMILES string of the molecule is COc1ncc(-c2cc3c(n2C(C)C)C(c2ccc(C#N)cc2)N(C2CCC(O)CC2)C3=O)c(OC)n1. The van der Waals surface area contributed by atoms with Gasteiger partial charge in [0.15, 0.2) is 0 Å². The van der Waals surface area contributed by atoms with Gasteiger partial charge in [-0.2, -0.15) is 10.2 Å². The fourth-order valence-corrected chi connectivity index (χ4v) is 5.69. The fourth-order valence-electron chi connectivity index (χ4n) is 5.69. The van der Waals surface area contributed by atoms with Crippen LogP contribution < -0.4 is 9.47 Å². The smallest absolute Gasteiger partial charge is 0.319 e. The predicted molar refractivity (Wildman–Crippen MR) is 136 cm³/mol. The molecular weight excluding hydrogens is 470 g/mol. The van der Waals surface area contributed by atoms with Crippen molar-refractivity contribution >= 4 is 5.91 Å². The number of carbonyl (C=O) groups excluding carboxylic acids is 1. The Labute approximate surface area is 216 Å². The molecule has 0 spiro atoms. The normalized spacial score (nSPS) is 21.2. The van der Waals surface area contributed by atoms with E-state index >= 15 is 0 Å². The van der Waals surface area contributed by atoms with Crippen LogP contribution in [0.15, 0.2) is 36.5 Å². The molecule has 0 radical (unpaired) electrons. The fraction of sp³-hybridized carbons (Fsp3) is 0.429. The minimum atomic E-state index is -0.322. The number of amides is 1. The van der Waals surface area contributed by atoms with Gasteiger partial charge in [0.25, 0.3) is 5.91 Å². The number of aliphatic hydroxyl groups excluding tert-OH is 1. The van der Waals surface area contributed by atoms with Gasteiger partial charge in [0.05, 0.1) is 60.5 Å². The summed E-state index contributed by atoms with van der Waals surface area (Å²) in [6.07, 6.45) is 4.19. The largest absolute Gasteiger partial charge is 0.480 e. The van der Waals surface area contributed by atoms with Crippen LogP contribution >= 0.6 is 0 Å². The maximum absolute atomic E-state index is 14.1. The van der Waals surface area contributed by atoms with Gasteiger partial charge in [0.1, 0.15) is 0 Å². The van der Waals surface area contributed by atoms with Crippen LogP contribution in [0.5, 0.6) is 11.9 Å². The summed E-state index contributed by atoms with van der Waals surface area (Å²) in [6.45, 7) is 4.17. The van der Waals surface area contributed by atoms with E-state index in [-0.39, 0.29) is 36.1 Å². The number of nitrogens with zero attached hydrogens (tertiary/aromatic N) is 5. The third-order valence-corrected chi connectivity index (χ3v) is 7.39. The van der Waals surface area contributed by atoms with E-state index in [9.17, 15) is 15.2 Å². The number of hydrogen-bond donors (Lipinski definition) is 1. The van der Waals surface area contributed by atoms with Crippen molar-refractivity contribution in [2.45, 2.75) is 63.8 Å². The monoisotopic (exact) mass is 501 g/mol. The number of hydrogen-bond acceptors (Lipinski definition) is 7. The Morgan fingerprint density at radius 2 is 1.78 bits per heavy atom. The van der Waals surface area contributed by atoms with Gasteiger partial charge < -0.3 is 24.0 Å². The summed E-state index contributed by atoms with van der Waals surface area (Å²) in [7, 11) is 3.05. The predicted octanol–water partition coefficient (Wildman–Crippen LogP) is 4.26. The number of rotatable bonds is 6. The van der Waals surface area contributed by atoms with Gasteiger partial charge in [-0.25, -0.2) is 4.98 Å². The van der Waals surface area contributed by atoms with Crippen molar-refractivity contribution in [2.75, 3.05) is 14.2 Å². The van der Waals surface area contributed by atoms with E-state index in [1.54, 1.807) is 25.4 Å². The highest BCUT2D eigenvalue weighted by molar-refractivity contribution is 6.01. The lowest BCUT2D eigenvalue weighted by Gasteiger charge is -2.38.